The molecule has 0 saturated carbocycles. The molecule has 122 valence electrons. The number of fused-ring (bicyclic) bond motifs is 2. The molecule has 2 aromatic carbocycles. The Balaban J connectivity index is 1.83. The zero-order valence-corrected chi connectivity index (χ0v) is 13.4. The minimum Gasteiger partial charge on any atom is -0.359 e. The molecule has 1 aliphatic heterocycles. The smallest absolute Gasteiger partial charge is 0.229 e. The third-order valence-corrected chi connectivity index (χ3v) is 4.85. The van der Waals surface area contributed by atoms with Gasteiger partial charge in [-0.15, -0.1) is 0 Å². The summed E-state index contributed by atoms with van der Waals surface area (Å²) < 4.78 is 13.5. The maximum atomic E-state index is 13.5. The van der Waals surface area contributed by atoms with Gasteiger partial charge in [-0.25, -0.2) is 9.38 Å². The quantitative estimate of drug-likeness (QED) is 0.848. The molecule has 0 fully saturated rings. The summed E-state index contributed by atoms with van der Waals surface area (Å²) >= 11 is 0. The van der Waals surface area contributed by atoms with E-state index in [0.717, 1.165) is 29.5 Å². The van der Waals surface area contributed by atoms with E-state index < -0.39 is 5.54 Å². The van der Waals surface area contributed by atoms with Crippen LogP contribution >= 0.6 is 0 Å². The standard InChI is InChI=1S/C19H18FN3O/c1-21-18-22-17(24)11-19(23-18)8-7-12-5-6-14(10-16(12)19)13-3-2-4-15(20)9-13/h2-6,9-10H,7-8,11H2,1H3,(H2,21,22,23,24). The van der Waals surface area contributed by atoms with Crippen molar-refractivity contribution in [3.05, 3.63) is 59.4 Å². The number of hydrogen-bond acceptors (Lipinski definition) is 3. The molecule has 24 heavy (non-hydrogen) atoms. The monoisotopic (exact) mass is 323 g/mol. The SMILES string of the molecule is CNC1=NC2(CCc3ccc(-c4cccc(F)c4)cc32)CC(=O)N1. The van der Waals surface area contributed by atoms with Crippen LogP contribution in [0.25, 0.3) is 11.1 Å². The molecule has 1 spiro atoms. The predicted octanol–water partition coefficient (Wildman–Crippen LogP) is 2.73. The Morgan fingerprint density at radius 3 is 2.83 bits per heavy atom. The molecular formula is C19H18FN3O. The third kappa shape index (κ3) is 2.37. The van der Waals surface area contributed by atoms with Gasteiger partial charge < -0.3 is 5.32 Å². The second kappa shape index (κ2) is 5.44. The van der Waals surface area contributed by atoms with Crippen molar-refractivity contribution in [1.82, 2.24) is 10.6 Å². The van der Waals surface area contributed by atoms with Gasteiger partial charge in [-0.3, -0.25) is 10.1 Å². The lowest BCUT2D eigenvalue weighted by Crippen LogP contribution is -2.48. The van der Waals surface area contributed by atoms with Crippen LogP contribution in [0.2, 0.25) is 0 Å². The zero-order valence-electron chi connectivity index (χ0n) is 13.4. The summed E-state index contributed by atoms with van der Waals surface area (Å²) in [5, 5.41) is 5.69. The highest BCUT2D eigenvalue weighted by atomic mass is 19.1. The highest BCUT2D eigenvalue weighted by Gasteiger charge is 2.43. The van der Waals surface area contributed by atoms with Crippen LogP contribution < -0.4 is 10.6 Å². The minimum atomic E-state index is -0.515. The van der Waals surface area contributed by atoms with Crippen LogP contribution in [0.15, 0.2) is 47.5 Å². The first kappa shape index (κ1) is 14.9. The number of rotatable bonds is 1. The lowest BCUT2D eigenvalue weighted by atomic mass is 9.86. The average molecular weight is 323 g/mol. The molecular weight excluding hydrogens is 305 g/mol. The van der Waals surface area contributed by atoms with Crippen molar-refractivity contribution < 1.29 is 9.18 Å². The van der Waals surface area contributed by atoms with Gasteiger partial charge in [0.15, 0.2) is 5.96 Å². The number of nitrogens with zero attached hydrogens (tertiary/aromatic N) is 1. The van der Waals surface area contributed by atoms with Gasteiger partial charge in [-0.05, 0) is 53.3 Å². The maximum Gasteiger partial charge on any atom is 0.229 e. The molecule has 0 radical (unpaired) electrons. The van der Waals surface area contributed by atoms with Gasteiger partial charge in [0.25, 0.3) is 0 Å². The fourth-order valence-electron chi connectivity index (χ4n) is 3.69. The van der Waals surface area contributed by atoms with E-state index in [0.29, 0.717) is 12.4 Å². The second-order valence-electron chi connectivity index (χ2n) is 6.35. The summed E-state index contributed by atoms with van der Waals surface area (Å²) in [5.41, 5.74) is 3.55. The summed E-state index contributed by atoms with van der Waals surface area (Å²) in [5.74, 6) is 0.226. The molecule has 2 aliphatic rings. The van der Waals surface area contributed by atoms with Crippen molar-refractivity contribution in [3.8, 4) is 11.1 Å². The number of halogens is 1. The molecule has 1 atom stereocenters. The Hall–Kier alpha value is -2.69. The summed E-state index contributed by atoms with van der Waals surface area (Å²) in [4.78, 5) is 16.9. The van der Waals surface area contributed by atoms with E-state index in [4.69, 9.17) is 4.99 Å². The number of guanidine groups is 1. The van der Waals surface area contributed by atoms with Gasteiger partial charge in [0.05, 0.1) is 12.0 Å². The van der Waals surface area contributed by atoms with Crippen molar-refractivity contribution in [2.45, 2.75) is 24.8 Å². The number of hydrogen-bond donors (Lipinski definition) is 2. The highest BCUT2D eigenvalue weighted by molar-refractivity contribution is 6.00. The van der Waals surface area contributed by atoms with E-state index in [2.05, 4.69) is 22.8 Å². The van der Waals surface area contributed by atoms with Gasteiger partial charge in [0.2, 0.25) is 5.91 Å². The van der Waals surface area contributed by atoms with Gasteiger partial charge in [0, 0.05) is 7.05 Å². The predicted molar refractivity (Wildman–Crippen MR) is 91.1 cm³/mol. The van der Waals surface area contributed by atoms with E-state index in [1.54, 1.807) is 13.1 Å². The summed E-state index contributed by atoms with van der Waals surface area (Å²) in [7, 11) is 1.75. The van der Waals surface area contributed by atoms with Crippen LogP contribution in [0, 0.1) is 5.82 Å². The van der Waals surface area contributed by atoms with Crippen molar-refractivity contribution in [2.75, 3.05) is 7.05 Å². The van der Waals surface area contributed by atoms with Crippen molar-refractivity contribution in [3.63, 3.8) is 0 Å². The summed E-state index contributed by atoms with van der Waals surface area (Å²) in [6.07, 6.45) is 2.05. The number of carbonyl (C=O) groups is 1. The molecule has 0 aromatic heterocycles. The van der Waals surface area contributed by atoms with Gasteiger partial charge >= 0.3 is 0 Å². The highest BCUT2D eigenvalue weighted by Crippen LogP contribution is 2.45. The van der Waals surface area contributed by atoms with Crippen LogP contribution in [-0.2, 0) is 16.8 Å². The lowest BCUT2D eigenvalue weighted by Gasteiger charge is -2.31. The minimum absolute atomic E-state index is 0.0293. The van der Waals surface area contributed by atoms with Crippen molar-refractivity contribution in [1.29, 1.82) is 0 Å². The Morgan fingerprint density at radius 2 is 2.04 bits per heavy atom. The maximum absolute atomic E-state index is 13.5. The summed E-state index contributed by atoms with van der Waals surface area (Å²) in [6.45, 7) is 0. The van der Waals surface area contributed by atoms with E-state index >= 15 is 0 Å². The van der Waals surface area contributed by atoms with E-state index in [9.17, 15) is 9.18 Å². The van der Waals surface area contributed by atoms with Crippen LogP contribution in [0.3, 0.4) is 0 Å². The van der Waals surface area contributed by atoms with Crippen LogP contribution in [-0.4, -0.2) is 18.9 Å². The molecule has 4 nitrogen and oxygen atoms in total. The fourth-order valence-corrected chi connectivity index (χ4v) is 3.69. The largest absolute Gasteiger partial charge is 0.359 e. The topological polar surface area (TPSA) is 53.5 Å². The van der Waals surface area contributed by atoms with Gasteiger partial charge in [-0.2, -0.15) is 0 Å². The Kier molecular flexibility index (Phi) is 3.37. The van der Waals surface area contributed by atoms with E-state index in [-0.39, 0.29) is 11.7 Å². The molecule has 2 N–H and O–H groups in total. The molecule has 1 unspecified atom stereocenters. The van der Waals surface area contributed by atoms with E-state index in [1.807, 2.05) is 12.1 Å². The first-order chi connectivity index (χ1) is 11.6. The van der Waals surface area contributed by atoms with Crippen LogP contribution in [0.4, 0.5) is 4.39 Å². The normalized spacial score (nSPS) is 22.1. The molecule has 0 saturated heterocycles. The number of nitrogens with one attached hydrogen (secondary N) is 2. The number of amides is 1. The van der Waals surface area contributed by atoms with Crippen molar-refractivity contribution in [2.24, 2.45) is 4.99 Å². The first-order valence-electron chi connectivity index (χ1n) is 8.06. The number of aliphatic imine (C=N–C) groups is 1. The van der Waals surface area contributed by atoms with Gasteiger partial charge in [-0.1, -0.05) is 24.3 Å². The zero-order chi connectivity index (χ0) is 16.7. The first-order valence-corrected chi connectivity index (χ1v) is 8.06. The lowest BCUT2D eigenvalue weighted by molar-refractivity contribution is -0.121. The molecule has 1 aliphatic carbocycles. The van der Waals surface area contributed by atoms with Gasteiger partial charge in [0.1, 0.15) is 5.82 Å². The Bertz CT molecular complexity index is 861. The molecule has 1 heterocycles. The fraction of sp³-hybridized carbons (Fsp3) is 0.263. The summed E-state index contributed by atoms with van der Waals surface area (Å²) in [6, 6.07) is 12.7. The second-order valence-corrected chi connectivity index (χ2v) is 6.35. The van der Waals surface area contributed by atoms with Crippen LogP contribution in [0.5, 0.6) is 0 Å². The average Bonchev–Trinajstić information content (AvgIpc) is 2.91. The Morgan fingerprint density at radius 1 is 1.21 bits per heavy atom. The number of benzene rings is 2. The van der Waals surface area contributed by atoms with Crippen LogP contribution in [0.1, 0.15) is 24.0 Å². The molecule has 0 bridgehead atoms. The third-order valence-electron chi connectivity index (χ3n) is 4.85. The van der Waals surface area contributed by atoms with Crippen molar-refractivity contribution >= 4 is 11.9 Å². The Labute approximate surface area is 139 Å². The van der Waals surface area contributed by atoms with E-state index in [1.165, 1.54) is 17.7 Å². The molecule has 1 amide bonds. The molecule has 2 aromatic rings. The number of carbonyl (C=O) groups excluding carboxylic acids is 1. The molecule has 4 rings (SSSR count). The molecule has 5 heteroatoms. The number of aryl methyl sites for hydroxylation is 1.